The number of nitrogens with zero attached hydrogens (tertiary/aromatic N) is 4. The lowest BCUT2D eigenvalue weighted by Gasteiger charge is -2.34. The van der Waals surface area contributed by atoms with Crippen LogP contribution in [-0.4, -0.2) is 50.9 Å². The third-order valence-electron chi connectivity index (χ3n) is 3.91. The van der Waals surface area contributed by atoms with Crippen LogP contribution in [0.1, 0.15) is 16.5 Å². The van der Waals surface area contributed by atoms with E-state index in [1.54, 1.807) is 0 Å². The molecule has 22 heavy (non-hydrogen) atoms. The molecule has 0 aliphatic carbocycles. The van der Waals surface area contributed by atoms with Crippen LogP contribution in [0.2, 0.25) is 0 Å². The van der Waals surface area contributed by atoms with Gasteiger partial charge in [0.2, 0.25) is 10.8 Å². The molecule has 1 aliphatic rings. The molecule has 6 nitrogen and oxygen atoms in total. The molecule has 0 saturated carbocycles. The molecule has 0 radical (unpaired) electrons. The van der Waals surface area contributed by atoms with Gasteiger partial charge in [0.1, 0.15) is 6.33 Å². The van der Waals surface area contributed by atoms with Crippen molar-refractivity contribution in [3.05, 3.63) is 47.1 Å². The Bertz CT molecular complexity index is 764. The number of morpholine rings is 1. The van der Waals surface area contributed by atoms with E-state index < -0.39 is 0 Å². The SMILES string of the molecule is Oc1c(C(c2ccccc2)N2CCOCC2)sc2ncnn12. The predicted molar refractivity (Wildman–Crippen MR) is 83.2 cm³/mol. The zero-order valence-electron chi connectivity index (χ0n) is 11.9. The second kappa shape index (κ2) is 5.68. The van der Waals surface area contributed by atoms with E-state index >= 15 is 0 Å². The van der Waals surface area contributed by atoms with Crippen molar-refractivity contribution >= 4 is 16.3 Å². The molecule has 1 fully saturated rings. The summed E-state index contributed by atoms with van der Waals surface area (Å²) >= 11 is 1.48. The summed E-state index contributed by atoms with van der Waals surface area (Å²) in [6.45, 7) is 3.11. The summed E-state index contributed by atoms with van der Waals surface area (Å²) < 4.78 is 6.96. The van der Waals surface area contributed by atoms with Gasteiger partial charge in [0.05, 0.1) is 24.1 Å². The lowest BCUT2D eigenvalue weighted by atomic mass is 10.0. The quantitative estimate of drug-likeness (QED) is 0.800. The van der Waals surface area contributed by atoms with Gasteiger partial charge >= 0.3 is 0 Å². The van der Waals surface area contributed by atoms with Gasteiger partial charge in [-0.3, -0.25) is 4.90 Å². The van der Waals surface area contributed by atoms with Gasteiger partial charge in [-0.1, -0.05) is 41.7 Å². The highest BCUT2D eigenvalue weighted by atomic mass is 32.1. The maximum atomic E-state index is 10.6. The summed E-state index contributed by atoms with van der Waals surface area (Å²) in [5.74, 6) is 0.179. The van der Waals surface area contributed by atoms with Crippen LogP contribution in [-0.2, 0) is 4.74 Å². The molecule has 3 heterocycles. The molecule has 4 rings (SSSR count). The van der Waals surface area contributed by atoms with Gasteiger partial charge in [-0.2, -0.15) is 9.61 Å². The summed E-state index contributed by atoms with van der Waals surface area (Å²) in [6.07, 6.45) is 1.46. The predicted octanol–water partition coefficient (Wildman–Crippen LogP) is 1.92. The fraction of sp³-hybridized carbons (Fsp3) is 0.333. The largest absolute Gasteiger partial charge is 0.492 e. The third kappa shape index (κ3) is 2.27. The summed E-state index contributed by atoms with van der Waals surface area (Å²) in [5.41, 5.74) is 1.16. The molecule has 1 unspecified atom stereocenters. The number of fused-ring (bicyclic) bond motifs is 1. The second-order valence-corrected chi connectivity index (χ2v) is 6.21. The van der Waals surface area contributed by atoms with Crippen LogP contribution in [0.25, 0.3) is 4.96 Å². The Kier molecular flexibility index (Phi) is 3.53. The molecule has 1 atom stereocenters. The topological polar surface area (TPSA) is 62.9 Å². The van der Waals surface area contributed by atoms with Crippen LogP contribution < -0.4 is 0 Å². The Balaban J connectivity index is 1.82. The summed E-state index contributed by atoms with van der Waals surface area (Å²) in [5, 5.41) is 14.6. The highest BCUT2D eigenvalue weighted by Crippen LogP contribution is 2.39. The van der Waals surface area contributed by atoms with Crippen molar-refractivity contribution in [3.63, 3.8) is 0 Å². The van der Waals surface area contributed by atoms with Crippen LogP contribution in [0.5, 0.6) is 5.88 Å². The zero-order valence-corrected chi connectivity index (χ0v) is 12.7. The first-order chi connectivity index (χ1) is 10.8. The van der Waals surface area contributed by atoms with Gasteiger partial charge in [-0.15, -0.1) is 0 Å². The number of benzene rings is 1. The van der Waals surface area contributed by atoms with Gasteiger partial charge < -0.3 is 9.84 Å². The first kappa shape index (κ1) is 13.7. The minimum atomic E-state index is -0.00130. The van der Waals surface area contributed by atoms with Gasteiger partial charge in [0.15, 0.2) is 0 Å². The van der Waals surface area contributed by atoms with E-state index in [9.17, 15) is 5.11 Å². The zero-order chi connectivity index (χ0) is 14.9. The fourth-order valence-corrected chi connectivity index (χ4v) is 3.96. The third-order valence-corrected chi connectivity index (χ3v) is 5.00. The van der Waals surface area contributed by atoms with Crippen LogP contribution in [0, 0.1) is 0 Å². The average molecular weight is 316 g/mol. The normalized spacial score (nSPS) is 17.8. The Labute approximate surface area is 131 Å². The molecule has 0 spiro atoms. The van der Waals surface area contributed by atoms with Crippen molar-refractivity contribution in [1.29, 1.82) is 0 Å². The van der Waals surface area contributed by atoms with Crippen LogP contribution in [0.4, 0.5) is 0 Å². The smallest absolute Gasteiger partial charge is 0.230 e. The number of hydrogen-bond donors (Lipinski definition) is 1. The highest BCUT2D eigenvalue weighted by molar-refractivity contribution is 7.17. The van der Waals surface area contributed by atoms with Crippen molar-refractivity contribution in [1.82, 2.24) is 19.5 Å². The minimum absolute atomic E-state index is 0.00130. The Morgan fingerprint density at radius 3 is 2.68 bits per heavy atom. The standard InChI is InChI=1S/C15H16N4O2S/c20-14-13(22-15-16-10-17-19(14)15)12(11-4-2-1-3-5-11)18-6-8-21-9-7-18/h1-5,10,12,20H,6-9H2. The molecule has 3 aromatic rings. The minimum Gasteiger partial charge on any atom is -0.492 e. The van der Waals surface area contributed by atoms with Crippen molar-refractivity contribution < 1.29 is 9.84 Å². The first-order valence-electron chi connectivity index (χ1n) is 7.23. The second-order valence-electron chi connectivity index (χ2n) is 5.21. The van der Waals surface area contributed by atoms with Gasteiger partial charge in [0.25, 0.3) is 0 Å². The monoisotopic (exact) mass is 316 g/mol. The maximum absolute atomic E-state index is 10.6. The van der Waals surface area contributed by atoms with Crippen LogP contribution in [0.15, 0.2) is 36.7 Å². The van der Waals surface area contributed by atoms with E-state index in [4.69, 9.17) is 4.74 Å². The summed E-state index contributed by atoms with van der Waals surface area (Å²) in [7, 11) is 0. The number of aromatic nitrogens is 3. The summed E-state index contributed by atoms with van der Waals surface area (Å²) in [6, 6.07) is 10.2. The molecule has 1 aromatic carbocycles. The van der Waals surface area contributed by atoms with Crippen molar-refractivity contribution in [3.8, 4) is 5.88 Å². The van der Waals surface area contributed by atoms with Gasteiger partial charge in [-0.25, -0.2) is 4.98 Å². The van der Waals surface area contributed by atoms with E-state index in [-0.39, 0.29) is 11.9 Å². The Morgan fingerprint density at radius 1 is 1.18 bits per heavy atom. The molecule has 0 bridgehead atoms. The van der Waals surface area contributed by atoms with Crippen molar-refractivity contribution in [2.45, 2.75) is 6.04 Å². The molecule has 7 heteroatoms. The molecular weight excluding hydrogens is 300 g/mol. The van der Waals surface area contributed by atoms with Crippen molar-refractivity contribution in [2.24, 2.45) is 0 Å². The maximum Gasteiger partial charge on any atom is 0.230 e. The van der Waals surface area contributed by atoms with E-state index in [0.29, 0.717) is 18.2 Å². The summed E-state index contributed by atoms with van der Waals surface area (Å²) in [4.78, 5) is 8.11. The van der Waals surface area contributed by atoms with E-state index in [2.05, 4.69) is 27.1 Å². The molecular formula is C15H16N4O2S. The number of ether oxygens (including phenoxy) is 1. The van der Waals surface area contributed by atoms with Gasteiger partial charge in [-0.05, 0) is 5.56 Å². The molecule has 0 amide bonds. The number of rotatable bonds is 3. The first-order valence-corrected chi connectivity index (χ1v) is 8.04. The van der Waals surface area contributed by atoms with E-state index in [1.165, 1.54) is 22.2 Å². The number of hydrogen-bond acceptors (Lipinski definition) is 6. The highest BCUT2D eigenvalue weighted by Gasteiger charge is 2.29. The van der Waals surface area contributed by atoms with E-state index in [1.807, 2.05) is 18.2 Å². The lowest BCUT2D eigenvalue weighted by Crippen LogP contribution is -2.39. The number of aromatic hydroxyl groups is 1. The fourth-order valence-electron chi connectivity index (χ4n) is 2.87. The molecule has 114 valence electrons. The Morgan fingerprint density at radius 2 is 1.95 bits per heavy atom. The van der Waals surface area contributed by atoms with Gasteiger partial charge in [0, 0.05) is 13.1 Å². The van der Waals surface area contributed by atoms with Crippen molar-refractivity contribution in [2.75, 3.05) is 26.3 Å². The molecule has 2 aromatic heterocycles. The molecule has 1 N–H and O–H groups in total. The molecule has 1 saturated heterocycles. The van der Waals surface area contributed by atoms with Crippen LogP contribution in [0.3, 0.4) is 0 Å². The lowest BCUT2D eigenvalue weighted by molar-refractivity contribution is 0.0241. The molecule has 1 aliphatic heterocycles. The van der Waals surface area contributed by atoms with E-state index in [0.717, 1.165) is 23.5 Å². The average Bonchev–Trinajstić information content (AvgIpc) is 3.14. The Hall–Kier alpha value is -1.96. The van der Waals surface area contributed by atoms with Crippen LogP contribution >= 0.6 is 11.3 Å². The number of thiazole rings is 1.